The minimum absolute atomic E-state index is 0.104. The monoisotopic (exact) mass is 488 g/mol. The summed E-state index contributed by atoms with van der Waals surface area (Å²) in [5, 5.41) is 10.1. The summed E-state index contributed by atoms with van der Waals surface area (Å²) in [6.45, 7) is 3.41. The van der Waals surface area contributed by atoms with Crippen molar-refractivity contribution >= 4 is 28.6 Å². The van der Waals surface area contributed by atoms with Crippen molar-refractivity contribution < 1.29 is 14.0 Å². The predicted octanol–water partition coefficient (Wildman–Crippen LogP) is 2.98. The Kier molecular flexibility index (Phi) is 7.00. The van der Waals surface area contributed by atoms with Gasteiger partial charge >= 0.3 is 5.91 Å². The van der Waals surface area contributed by atoms with Gasteiger partial charge in [-0.2, -0.15) is 5.26 Å². The molecule has 188 valence electrons. The number of oxazole rings is 1. The molecule has 0 N–H and O–H groups in total. The van der Waals surface area contributed by atoms with E-state index >= 15 is 0 Å². The van der Waals surface area contributed by atoms with Gasteiger partial charge in [0.15, 0.2) is 5.58 Å². The number of likely N-dealkylation sites (N-methyl/N-ethyl adjacent to an activating group) is 3. The molecule has 0 aliphatic carbocycles. The number of nitrogens with zero attached hydrogens (tertiary/aromatic N) is 6. The van der Waals surface area contributed by atoms with Gasteiger partial charge in [0.25, 0.3) is 5.89 Å². The standard InChI is InChI=1S/C27H32N6O3/c1-17-20(14-28)23-25(36-26(29-23)27(35)32(6)16-21(34)31(4)5)24(22(17)18-10-8-7-9-11-18)33-13-12-19(15-33)30(2)3/h7-11,19H,12-13,15-16H2,1-6H3. The summed E-state index contributed by atoms with van der Waals surface area (Å²) in [6.07, 6.45) is 0.983. The van der Waals surface area contributed by atoms with Gasteiger partial charge in [-0.25, -0.2) is 4.98 Å². The third-order valence-electron chi connectivity index (χ3n) is 6.85. The fraction of sp³-hybridized carbons (Fsp3) is 0.407. The summed E-state index contributed by atoms with van der Waals surface area (Å²) in [5.74, 6) is -0.859. The molecule has 3 aromatic rings. The van der Waals surface area contributed by atoms with Crippen molar-refractivity contribution in [3.8, 4) is 17.2 Å². The number of benzene rings is 2. The zero-order chi connectivity index (χ0) is 26.1. The molecular weight excluding hydrogens is 456 g/mol. The van der Waals surface area contributed by atoms with Gasteiger partial charge in [0.2, 0.25) is 5.91 Å². The van der Waals surface area contributed by atoms with Crippen LogP contribution in [0, 0.1) is 18.3 Å². The summed E-state index contributed by atoms with van der Waals surface area (Å²) in [5.41, 5.74) is 4.68. The van der Waals surface area contributed by atoms with Crippen LogP contribution in [0.1, 0.15) is 28.2 Å². The summed E-state index contributed by atoms with van der Waals surface area (Å²) >= 11 is 0. The molecule has 2 heterocycles. The Morgan fingerprint density at radius 1 is 1.17 bits per heavy atom. The first kappa shape index (κ1) is 25.2. The largest absolute Gasteiger partial charge is 0.430 e. The number of nitriles is 1. The highest BCUT2D eigenvalue weighted by molar-refractivity contribution is 6.04. The van der Waals surface area contributed by atoms with Crippen molar-refractivity contribution in [3.63, 3.8) is 0 Å². The van der Waals surface area contributed by atoms with Crippen molar-refractivity contribution in [2.24, 2.45) is 0 Å². The molecule has 0 spiro atoms. The van der Waals surface area contributed by atoms with E-state index in [1.807, 2.05) is 37.3 Å². The van der Waals surface area contributed by atoms with Gasteiger partial charge in [0, 0.05) is 45.8 Å². The third-order valence-corrected chi connectivity index (χ3v) is 6.85. The number of aromatic nitrogens is 1. The predicted molar refractivity (Wildman–Crippen MR) is 139 cm³/mol. The van der Waals surface area contributed by atoms with Gasteiger partial charge in [0.1, 0.15) is 11.6 Å². The lowest BCUT2D eigenvalue weighted by atomic mass is 9.93. The molecule has 1 aromatic heterocycles. The zero-order valence-electron chi connectivity index (χ0n) is 21.7. The van der Waals surface area contributed by atoms with E-state index in [-0.39, 0.29) is 18.3 Å². The number of anilines is 1. The van der Waals surface area contributed by atoms with Crippen LogP contribution in [0.3, 0.4) is 0 Å². The first-order chi connectivity index (χ1) is 17.1. The molecule has 1 unspecified atom stereocenters. The number of rotatable bonds is 6. The molecule has 0 radical (unpaired) electrons. The topological polar surface area (TPSA) is 96.9 Å². The Morgan fingerprint density at radius 2 is 1.86 bits per heavy atom. The quantitative estimate of drug-likeness (QED) is 0.526. The van der Waals surface area contributed by atoms with E-state index in [2.05, 4.69) is 34.9 Å². The zero-order valence-corrected chi connectivity index (χ0v) is 21.7. The van der Waals surface area contributed by atoms with Gasteiger partial charge < -0.3 is 24.0 Å². The molecule has 0 bridgehead atoms. The maximum atomic E-state index is 13.2. The minimum atomic E-state index is -0.511. The molecule has 1 aliphatic heterocycles. The van der Waals surface area contributed by atoms with Crippen molar-refractivity contribution in [2.45, 2.75) is 19.4 Å². The minimum Gasteiger partial charge on any atom is -0.430 e. The second-order valence-corrected chi connectivity index (χ2v) is 9.70. The second kappa shape index (κ2) is 9.99. The molecule has 9 heteroatoms. The lowest BCUT2D eigenvalue weighted by Gasteiger charge is -2.25. The lowest BCUT2D eigenvalue weighted by molar-refractivity contribution is -0.129. The Balaban J connectivity index is 1.91. The van der Waals surface area contributed by atoms with Crippen LogP contribution < -0.4 is 4.90 Å². The molecule has 36 heavy (non-hydrogen) atoms. The summed E-state index contributed by atoms with van der Waals surface area (Å²) in [6, 6.07) is 12.6. The van der Waals surface area contributed by atoms with Crippen LogP contribution in [0.5, 0.6) is 0 Å². The average Bonchev–Trinajstić information content (AvgIpc) is 3.51. The fourth-order valence-electron chi connectivity index (χ4n) is 4.68. The molecule has 1 fully saturated rings. The van der Waals surface area contributed by atoms with E-state index in [1.54, 1.807) is 14.1 Å². The smallest absolute Gasteiger partial charge is 0.309 e. The Morgan fingerprint density at radius 3 is 2.44 bits per heavy atom. The van der Waals surface area contributed by atoms with Crippen LogP contribution in [0.25, 0.3) is 22.2 Å². The van der Waals surface area contributed by atoms with Crippen LogP contribution in [0.15, 0.2) is 34.7 Å². The van der Waals surface area contributed by atoms with Crippen molar-refractivity contribution in [1.29, 1.82) is 5.26 Å². The van der Waals surface area contributed by atoms with E-state index in [0.29, 0.717) is 22.7 Å². The number of hydrogen-bond donors (Lipinski definition) is 0. The van der Waals surface area contributed by atoms with Crippen LogP contribution in [-0.4, -0.2) is 92.4 Å². The van der Waals surface area contributed by atoms with Crippen molar-refractivity contribution in [1.82, 2.24) is 19.7 Å². The Labute approximate surface area is 211 Å². The molecular formula is C27H32N6O3. The van der Waals surface area contributed by atoms with Crippen molar-refractivity contribution in [2.75, 3.05) is 59.8 Å². The van der Waals surface area contributed by atoms with Gasteiger partial charge in [-0.1, -0.05) is 30.3 Å². The molecule has 2 aromatic carbocycles. The second-order valence-electron chi connectivity index (χ2n) is 9.70. The molecule has 1 atom stereocenters. The number of amides is 2. The molecule has 1 saturated heterocycles. The van der Waals surface area contributed by atoms with E-state index in [9.17, 15) is 14.9 Å². The highest BCUT2D eigenvalue weighted by Gasteiger charge is 2.33. The number of carbonyl (C=O) groups is 2. The SMILES string of the molecule is Cc1c(-c2ccccc2)c(N2CCC(N(C)C)C2)c2oc(C(=O)N(C)CC(=O)N(C)C)nc2c1C#N. The summed E-state index contributed by atoms with van der Waals surface area (Å²) in [7, 11) is 8.95. The van der Waals surface area contributed by atoms with Crippen LogP contribution in [0.2, 0.25) is 0 Å². The molecule has 9 nitrogen and oxygen atoms in total. The summed E-state index contributed by atoms with van der Waals surface area (Å²) in [4.78, 5) is 37.0. The number of carbonyl (C=O) groups excluding carboxylic acids is 2. The van der Waals surface area contributed by atoms with Gasteiger partial charge in [-0.05, 0) is 38.6 Å². The first-order valence-corrected chi connectivity index (χ1v) is 11.9. The van der Waals surface area contributed by atoms with E-state index in [0.717, 1.165) is 41.9 Å². The number of fused-ring (bicyclic) bond motifs is 1. The molecule has 0 saturated carbocycles. The Hall–Kier alpha value is -3.90. The average molecular weight is 489 g/mol. The highest BCUT2D eigenvalue weighted by Crippen LogP contribution is 2.44. The molecule has 4 rings (SSSR count). The molecule has 1 aliphatic rings. The normalized spacial score (nSPS) is 15.4. The van der Waals surface area contributed by atoms with Crippen LogP contribution >= 0.6 is 0 Å². The summed E-state index contributed by atoms with van der Waals surface area (Å²) < 4.78 is 6.16. The van der Waals surface area contributed by atoms with Gasteiger partial charge in [-0.15, -0.1) is 0 Å². The van der Waals surface area contributed by atoms with E-state index in [1.165, 1.54) is 16.8 Å². The first-order valence-electron chi connectivity index (χ1n) is 11.9. The lowest BCUT2D eigenvalue weighted by Crippen LogP contribution is -2.37. The van der Waals surface area contributed by atoms with Gasteiger partial charge in [-0.3, -0.25) is 9.59 Å². The fourth-order valence-corrected chi connectivity index (χ4v) is 4.68. The maximum absolute atomic E-state index is 13.2. The van der Waals surface area contributed by atoms with E-state index in [4.69, 9.17) is 4.42 Å². The van der Waals surface area contributed by atoms with Gasteiger partial charge in [0.05, 0.1) is 17.8 Å². The van der Waals surface area contributed by atoms with E-state index < -0.39 is 5.91 Å². The highest BCUT2D eigenvalue weighted by atomic mass is 16.4. The van der Waals surface area contributed by atoms with Crippen molar-refractivity contribution in [3.05, 3.63) is 47.3 Å². The van der Waals surface area contributed by atoms with Crippen LogP contribution in [-0.2, 0) is 4.79 Å². The Bertz CT molecular complexity index is 1340. The molecule has 2 amide bonds. The third kappa shape index (κ3) is 4.52. The van der Waals surface area contributed by atoms with Crippen LogP contribution in [0.4, 0.5) is 5.69 Å². The number of hydrogen-bond acceptors (Lipinski definition) is 7. The maximum Gasteiger partial charge on any atom is 0.309 e.